The fraction of sp³-hybridized carbons (Fsp3) is 0.235. The Balaban J connectivity index is 2.12. The summed E-state index contributed by atoms with van der Waals surface area (Å²) in [6, 6.07) is 14.1. The minimum atomic E-state index is -0.313. The third-order valence-corrected chi connectivity index (χ3v) is 3.52. The van der Waals surface area contributed by atoms with Gasteiger partial charge in [0.25, 0.3) is 0 Å². The number of carbonyl (C=O) groups excluding carboxylic acids is 1. The van der Waals surface area contributed by atoms with Gasteiger partial charge in [0.05, 0.1) is 20.3 Å². The summed E-state index contributed by atoms with van der Waals surface area (Å²) in [7, 11) is 1.58. The van der Waals surface area contributed by atoms with E-state index in [-0.39, 0.29) is 19.2 Å². The number of aliphatic hydroxyl groups excluding tert-OH is 1. The summed E-state index contributed by atoms with van der Waals surface area (Å²) in [5, 5.41) is 12.5. The van der Waals surface area contributed by atoms with E-state index in [0.717, 1.165) is 5.56 Å². The van der Waals surface area contributed by atoms with Crippen LogP contribution in [-0.4, -0.2) is 36.3 Å². The molecule has 0 bridgehead atoms. The highest BCUT2D eigenvalue weighted by atomic mass is 35.5. The molecule has 0 saturated heterocycles. The Kier molecular flexibility index (Phi) is 6.26. The van der Waals surface area contributed by atoms with Gasteiger partial charge >= 0.3 is 6.03 Å². The van der Waals surface area contributed by atoms with Gasteiger partial charge in [-0.25, -0.2) is 4.79 Å². The summed E-state index contributed by atoms with van der Waals surface area (Å²) in [6.45, 7) is 0.416. The van der Waals surface area contributed by atoms with Crippen molar-refractivity contribution >= 4 is 23.3 Å². The van der Waals surface area contributed by atoms with Crippen LogP contribution >= 0.6 is 11.6 Å². The number of ether oxygens (including phenoxy) is 1. The molecular weight excluding hydrogens is 316 g/mol. The normalized spacial score (nSPS) is 10.2. The number of hydrogen-bond acceptors (Lipinski definition) is 3. The van der Waals surface area contributed by atoms with E-state index in [1.165, 1.54) is 4.90 Å². The Morgan fingerprint density at radius 3 is 2.74 bits per heavy atom. The molecule has 5 nitrogen and oxygen atoms in total. The zero-order valence-electron chi connectivity index (χ0n) is 12.8. The quantitative estimate of drug-likeness (QED) is 0.851. The van der Waals surface area contributed by atoms with Crippen LogP contribution in [0.15, 0.2) is 48.5 Å². The van der Waals surface area contributed by atoms with Crippen molar-refractivity contribution in [1.82, 2.24) is 4.90 Å². The molecule has 0 fully saturated rings. The van der Waals surface area contributed by atoms with Gasteiger partial charge in [-0.1, -0.05) is 35.9 Å². The van der Waals surface area contributed by atoms with E-state index in [4.69, 9.17) is 16.3 Å². The van der Waals surface area contributed by atoms with Gasteiger partial charge in [-0.3, -0.25) is 0 Å². The van der Waals surface area contributed by atoms with Gasteiger partial charge in [0, 0.05) is 22.8 Å². The van der Waals surface area contributed by atoms with Crippen LogP contribution in [0.2, 0.25) is 5.02 Å². The summed E-state index contributed by atoms with van der Waals surface area (Å²) in [5.41, 5.74) is 1.47. The van der Waals surface area contributed by atoms with Gasteiger partial charge in [-0.05, 0) is 24.3 Å². The second-order valence-electron chi connectivity index (χ2n) is 4.90. The first-order valence-electron chi connectivity index (χ1n) is 7.18. The number of nitrogens with zero attached hydrogens (tertiary/aromatic N) is 1. The van der Waals surface area contributed by atoms with Crippen molar-refractivity contribution in [3.8, 4) is 5.75 Å². The third-order valence-electron chi connectivity index (χ3n) is 3.29. The fourth-order valence-electron chi connectivity index (χ4n) is 2.18. The van der Waals surface area contributed by atoms with Gasteiger partial charge in [-0.15, -0.1) is 0 Å². The lowest BCUT2D eigenvalue weighted by molar-refractivity contribution is 0.184. The van der Waals surface area contributed by atoms with Crippen LogP contribution < -0.4 is 10.1 Å². The van der Waals surface area contributed by atoms with Crippen molar-refractivity contribution in [3.05, 3.63) is 59.1 Å². The fourth-order valence-corrected chi connectivity index (χ4v) is 2.37. The average molecular weight is 335 g/mol. The summed E-state index contributed by atoms with van der Waals surface area (Å²) < 4.78 is 5.30. The lowest BCUT2D eigenvalue weighted by Crippen LogP contribution is -2.36. The Labute approximate surface area is 140 Å². The van der Waals surface area contributed by atoms with Crippen LogP contribution in [0.4, 0.5) is 10.5 Å². The molecule has 6 heteroatoms. The van der Waals surface area contributed by atoms with Crippen molar-refractivity contribution in [3.63, 3.8) is 0 Å². The van der Waals surface area contributed by atoms with Crippen molar-refractivity contribution in [2.24, 2.45) is 0 Å². The maximum atomic E-state index is 12.4. The molecule has 0 saturated carbocycles. The van der Waals surface area contributed by atoms with E-state index in [1.807, 2.05) is 24.3 Å². The molecule has 122 valence electrons. The number of urea groups is 1. The molecule has 0 heterocycles. The minimum absolute atomic E-state index is 0.127. The Bertz CT molecular complexity index is 664. The van der Waals surface area contributed by atoms with Crippen LogP contribution in [-0.2, 0) is 6.54 Å². The number of anilines is 1. The second-order valence-corrected chi connectivity index (χ2v) is 5.33. The number of rotatable bonds is 6. The van der Waals surface area contributed by atoms with Crippen LogP contribution in [0.25, 0.3) is 0 Å². The molecule has 0 spiro atoms. The van der Waals surface area contributed by atoms with E-state index in [1.54, 1.807) is 31.4 Å². The number of halogens is 1. The average Bonchev–Trinajstić information content (AvgIpc) is 2.55. The molecule has 0 radical (unpaired) electrons. The molecular formula is C17H19ClN2O3. The number of amides is 2. The zero-order valence-corrected chi connectivity index (χ0v) is 13.6. The zero-order chi connectivity index (χ0) is 16.7. The smallest absolute Gasteiger partial charge is 0.322 e. The second kappa shape index (κ2) is 8.41. The number of hydrogen-bond donors (Lipinski definition) is 2. The Morgan fingerprint density at radius 2 is 2.04 bits per heavy atom. The number of carbonyl (C=O) groups is 1. The Morgan fingerprint density at radius 1 is 1.26 bits per heavy atom. The minimum Gasteiger partial charge on any atom is -0.496 e. The maximum absolute atomic E-state index is 12.4. The summed E-state index contributed by atoms with van der Waals surface area (Å²) in [4.78, 5) is 14.0. The molecule has 0 aliphatic rings. The summed E-state index contributed by atoms with van der Waals surface area (Å²) >= 11 is 5.92. The molecule has 2 rings (SSSR count). The molecule has 2 aromatic carbocycles. The molecule has 2 N–H and O–H groups in total. The van der Waals surface area contributed by atoms with E-state index in [9.17, 15) is 9.90 Å². The monoisotopic (exact) mass is 334 g/mol. The number of para-hydroxylation sites is 1. The maximum Gasteiger partial charge on any atom is 0.322 e. The molecule has 2 aromatic rings. The first kappa shape index (κ1) is 17.1. The highest BCUT2D eigenvalue weighted by Crippen LogP contribution is 2.20. The Hall–Kier alpha value is -2.24. The van der Waals surface area contributed by atoms with Gasteiger partial charge < -0.3 is 20.1 Å². The predicted molar refractivity (Wildman–Crippen MR) is 91.0 cm³/mol. The number of methoxy groups -OCH3 is 1. The standard InChI is InChI=1S/C17H19ClN2O3/c1-23-16-8-3-2-5-13(16)12-20(9-10-21)17(22)19-15-7-4-6-14(18)11-15/h2-8,11,21H,9-10,12H2,1H3,(H,19,22). The molecule has 0 unspecified atom stereocenters. The number of aliphatic hydroxyl groups is 1. The van der Waals surface area contributed by atoms with Crippen LogP contribution in [0, 0.1) is 0 Å². The van der Waals surface area contributed by atoms with Gasteiger partial charge in [0.2, 0.25) is 0 Å². The topological polar surface area (TPSA) is 61.8 Å². The molecule has 0 atom stereocenters. The van der Waals surface area contributed by atoms with Gasteiger partial charge in [0.1, 0.15) is 5.75 Å². The number of benzene rings is 2. The van der Waals surface area contributed by atoms with Gasteiger partial charge in [0.15, 0.2) is 0 Å². The van der Waals surface area contributed by atoms with Crippen LogP contribution in [0.3, 0.4) is 0 Å². The predicted octanol–water partition coefficient (Wildman–Crippen LogP) is 3.38. The highest BCUT2D eigenvalue weighted by Gasteiger charge is 2.15. The van der Waals surface area contributed by atoms with Crippen molar-refractivity contribution in [1.29, 1.82) is 0 Å². The van der Waals surface area contributed by atoms with Crippen LogP contribution in [0.5, 0.6) is 5.75 Å². The van der Waals surface area contributed by atoms with E-state index >= 15 is 0 Å². The lowest BCUT2D eigenvalue weighted by Gasteiger charge is -2.23. The molecule has 0 aliphatic carbocycles. The first-order chi connectivity index (χ1) is 11.1. The largest absolute Gasteiger partial charge is 0.496 e. The highest BCUT2D eigenvalue weighted by molar-refractivity contribution is 6.30. The van der Waals surface area contributed by atoms with Crippen molar-refractivity contribution in [2.45, 2.75) is 6.54 Å². The molecule has 0 aromatic heterocycles. The molecule has 2 amide bonds. The lowest BCUT2D eigenvalue weighted by atomic mass is 10.2. The van der Waals surface area contributed by atoms with E-state index in [0.29, 0.717) is 23.0 Å². The van der Waals surface area contributed by atoms with Crippen molar-refractivity contribution in [2.75, 3.05) is 25.6 Å². The summed E-state index contributed by atoms with van der Waals surface area (Å²) in [5.74, 6) is 0.700. The van der Waals surface area contributed by atoms with Crippen molar-refractivity contribution < 1.29 is 14.6 Å². The third kappa shape index (κ3) is 4.87. The van der Waals surface area contributed by atoms with E-state index in [2.05, 4.69) is 5.32 Å². The number of nitrogens with one attached hydrogen (secondary N) is 1. The molecule has 23 heavy (non-hydrogen) atoms. The molecule has 0 aliphatic heterocycles. The van der Waals surface area contributed by atoms with E-state index < -0.39 is 0 Å². The van der Waals surface area contributed by atoms with Crippen LogP contribution in [0.1, 0.15) is 5.56 Å². The summed E-state index contributed by atoms with van der Waals surface area (Å²) in [6.07, 6.45) is 0. The first-order valence-corrected chi connectivity index (χ1v) is 7.56. The SMILES string of the molecule is COc1ccccc1CN(CCO)C(=O)Nc1cccc(Cl)c1. The van der Waals surface area contributed by atoms with Gasteiger partial charge in [-0.2, -0.15) is 0 Å².